The summed E-state index contributed by atoms with van der Waals surface area (Å²) in [5.41, 5.74) is 0.274. The second-order valence-corrected chi connectivity index (χ2v) is 5.79. The fourth-order valence-electron chi connectivity index (χ4n) is 1.75. The van der Waals surface area contributed by atoms with Crippen LogP contribution in [-0.4, -0.2) is 22.5 Å². The van der Waals surface area contributed by atoms with E-state index in [4.69, 9.17) is 4.99 Å². The van der Waals surface area contributed by atoms with Crippen LogP contribution in [0.1, 0.15) is 53.4 Å². The smallest absolute Gasteiger partial charge is 0.157 e. The van der Waals surface area contributed by atoms with E-state index in [1.54, 1.807) is 0 Å². The first-order valence-corrected chi connectivity index (χ1v) is 7.07. The summed E-state index contributed by atoms with van der Waals surface area (Å²) in [6, 6.07) is 0.462. The Morgan fingerprint density at radius 1 is 1.53 bits per heavy atom. The summed E-state index contributed by atoms with van der Waals surface area (Å²) in [6.45, 7) is 8.97. The number of rotatable bonds is 4. The van der Waals surface area contributed by atoms with Crippen molar-refractivity contribution in [2.24, 2.45) is 4.99 Å². The van der Waals surface area contributed by atoms with Crippen LogP contribution in [0.5, 0.6) is 0 Å². The Kier molecular flexibility index (Phi) is 4.97. The fraction of sp³-hybridized carbons (Fsp3) is 0.917. The number of nitrogens with zero attached hydrogens (tertiary/aromatic N) is 1. The first-order chi connectivity index (χ1) is 7.09. The number of nitrogens with one attached hydrogen (secondary N) is 1. The summed E-state index contributed by atoms with van der Waals surface area (Å²) in [4.78, 5) is 4.74. The normalized spacial score (nSPS) is 31.3. The van der Waals surface area contributed by atoms with E-state index in [-0.39, 0.29) is 5.54 Å². The van der Waals surface area contributed by atoms with E-state index in [9.17, 15) is 0 Å². The van der Waals surface area contributed by atoms with Gasteiger partial charge in [-0.05, 0) is 33.1 Å². The Morgan fingerprint density at radius 3 is 2.87 bits per heavy atom. The maximum Gasteiger partial charge on any atom is 0.157 e. The molecule has 2 unspecified atom stereocenters. The van der Waals surface area contributed by atoms with Gasteiger partial charge in [-0.3, -0.25) is 4.99 Å². The first kappa shape index (κ1) is 12.9. The Bertz CT molecular complexity index is 228. The molecule has 3 heteroatoms. The van der Waals surface area contributed by atoms with Gasteiger partial charge in [0.05, 0.1) is 0 Å². The fourth-order valence-corrected chi connectivity index (χ4v) is 3.07. The summed E-state index contributed by atoms with van der Waals surface area (Å²) < 4.78 is 0. The molecule has 1 heterocycles. The third kappa shape index (κ3) is 4.06. The lowest BCUT2D eigenvalue weighted by molar-refractivity contribution is 0.389. The third-order valence-electron chi connectivity index (χ3n) is 3.13. The molecule has 0 aromatic heterocycles. The molecule has 2 atom stereocenters. The number of hydrogen-bond donors (Lipinski definition) is 1. The Hall–Kier alpha value is -0.180. The number of thioether (sulfide) groups is 1. The van der Waals surface area contributed by atoms with Gasteiger partial charge in [0.1, 0.15) is 0 Å². The highest BCUT2D eigenvalue weighted by Crippen LogP contribution is 2.25. The van der Waals surface area contributed by atoms with Crippen molar-refractivity contribution >= 4 is 16.9 Å². The monoisotopic (exact) mass is 228 g/mol. The van der Waals surface area contributed by atoms with Crippen molar-refractivity contribution in [1.29, 1.82) is 0 Å². The zero-order valence-electron chi connectivity index (χ0n) is 10.5. The molecule has 1 saturated heterocycles. The van der Waals surface area contributed by atoms with E-state index in [1.807, 2.05) is 11.8 Å². The number of amidine groups is 1. The standard InChI is InChI=1S/C12H24N2S/c1-5-7-10(3)13-11-14-12(4,6-2)8-9-15-11/h10H,5-9H2,1-4H3,(H,13,14). The van der Waals surface area contributed by atoms with E-state index in [0.717, 1.165) is 5.17 Å². The molecule has 0 amide bonds. The molecular weight excluding hydrogens is 204 g/mol. The first-order valence-electron chi connectivity index (χ1n) is 6.08. The summed E-state index contributed by atoms with van der Waals surface area (Å²) in [6.07, 6.45) is 4.83. The predicted octanol–water partition coefficient (Wildman–Crippen LogP) is 3.43. The molecule has 0 saturated carbocycles. The van der Waals surface area contributed by atoms with Crippen LogP contribution in [0.4, 0.5) is 0 Å². The van der Waals surface area contributed by atoms with Crippen LogP contribution in [-0.2, 0) is 0 Å². The lowest BCUT2D eigenvalue weighted by atomic mass is 9.96. The molecule has 1 aliphatic rings. The predicted molar refractivity (Wildman–Crippen MR) is 70.7 cm³/mol. The number of aliphatic imine (C=N–C) groups is 1. The van der Waals surface area contributed by atoms with Crippen molar-refractivity contribution in [3.63, 3.8) is 0 Å². The second-order valence-electron chi connectivity index (χ2n) is 4.71. The highest BCUT2D eigenvalue weighted by molar-refractivity contribution is 8.13. The zero-order chi connectivity index (χ0) is 11.3. The minimum atomic E-state index is 0.274. The highest BCUT2D eigenvalue weighted by atomic mass is 32.2. The van der Waals surface area contributed by atoms with Crippen LogP contribution < -0.4 is 5.32 Å². The van der Waals surface area contributed by atoms with Crippen molar-refractivity contribution in [3.05, 3.63) is 0 Å². The van der Waals surface area contributed by atoms with Crippen molar-refractivity contribution in [2.75, 3.05) is 5.75 Å². The molecule has 0 radical (unpaired) electrons. The SMILES string of the molecule is CCCC(C)N=C1NC(C)(CC)CCS1. The highest BCUT2D eigenvalue weighted by Gasteiger charge is 2.27. The molecule has 88 valence electrons. The average Bonchev–Trinajstić information content (AvgIpc) is 2.18. The second kappa shape index (κ2) is 5.78. The van der Waals surface area contributed by atoms with Crippen LogP contribution in [0.15, 0.2) is 4.99 Å². The topological polar surface area (TPSA) is 24.4 Å². The van der Waals surface area contributed by atoms with E-state index in [1.165, 1.54) is 31.4 Å². The summed E-state index contributed by atoms with van der Waals surface area (Å²) in [7, 11) is 0. The van der Waals surface area contributed by atoms with Crippen molar-refractivity contribution in [1.82, 2.24) is 5.32 Å². The zero-order valence-corrected chi connectivity index (χ0v) is 11.3. The molecule has 1 fully saturated rings. The molecule has 1 N–H and O–H groups in total. The van der Waals surface area contributed by atoms with Crippen molar-refractivity contribution in [2.45, 2.75) is 65.0 Å². The van der Waals surface area contributed by atoms with Crippen LogP contribution in [0, 0.1) is 0 Å². The van der Waals surface area contributed by atoms with E-state index < -0.39 is 0 Å². The van der Waals surface area contributed by atoms with E-state index in [0.29, 0.717) is 6.04 Å². The molecule has 2 nitrogen and oxygen atoms in total. The molecule has 0 spiro atoms. The van der Waals surface area contributed by atoms with Gasteiger partial charge < -0.3 is 5.32 Å². The summed E-state index contributed by atoms with van der Waals surface area (Å²) in [5, 5.41) is 4.74. The van der Waals surface area contributed by atoms with Gasteiger partial charge >= 0.3 is 0 Å². The molecular formula is C12H24N2S. The molecule has 1 aliphatic heterocycles. The van der Waals surface area contributed by atoms with Gasteiger partial charge in [-0.15, -0.1) is 0 Å². The Balaban J connectivity index is 2.55. The number of hydrogen-bond acceptors (Lipinski definition) is 2. The Labute approximate surface area is 98.3 Å². The van der Waals surface area contributed by atoms with Crippen molar-refractivity contribution in [3.8, 4) is 0 Å². The molecule has 15 heavy (non-hydrogen) atoms. The van der Waals surface area contributed by atoms with Gasteiger partial charge in [0.15, 0.2) is 5.17 Å². The lowest BCUT2D eigenvalue weighted by Gasteiger charge is -2.35. The van der Waals surface area contributed by atoms with Gasteiger partial charge in [-0.25, -0.2) is 0 Å². The van der Waals surface area contributed by atoms with E-state index >= 15 is 0 Å². The minimum absolute atomic E-state index is 0.274. The maximum atomic E-state index is 4.74. The van der Waals surface area contributed by atoms with Gasteiger partial charge in [-0.2, -0.15) is 0 Å². The third-order valence-corrected chi connectivity index (χ3v) is 4.01. The molecule has 0 bridgehead atoms. The van der Waals surface area contributed by atoms with Gasteiger partial charge in [-0.1, -0.05) is 32.0 Å². The largest absolute Gasteiger partial charge is 0.360 e. The van der Waals surface area contributed by atoms with Crippen LogP contribution >= 0.6 is 11.8 Å². The van der Waals surface area contributed by atoms with Gasteiger partial charge in [0, 0.05) is 17.3 Å². The molecule has 1 rings (SSSR count). The lowest BCUT2D eigenvalue weighted by Crippen LogP contribution is -2.48. The van der Waals surface area contributed by atoms with Gasteiger partial charge in [0.25, 0.3) is 0 Å². The molecule has 0 aromatic rings. The molecule has 0 aromatic carbocycles. The molecule has 0 aliphatic carbocycles. The summed E-state index contributed by atoms with van der Waals surface area (Å²) >= 11 is 1.87. The van der Waals surface area contributed by atoms with Crippen LogP contribution in [0.2, 0.25) is 0 Å². The maximum absolute atomic E-state index is 4.74. The minimum Gasteiger partial charge on any atom is -0.360 e. The Morgan fingerprint density at radius 2 is 2.27 bits per heavy atom. The van der Waals surface area contributed by atoms with Gasteiger partial charge in [0.2, 0.25) is 0 Å². The quantitative estimate of drug-likeness (QED) is 0.797. The van der Waals surface area contributed by atoms with E-state index in [2.05, 4.69) is 33.0 Å². The summed E-state index contributed by atoms with van der Waals surface area (Å²) in [5.74, 6) is 1.20. The van der Waals surface area contributed by atoms with Crippen molar-refractivity contribution < 1.29 is 0 Å². The van der Waals surface area contributed by atoms with Crippen LogP contribution in [0.3, 0.4) is 0 Å². The van der Waals surface area contributed by atoms with Crippen LogP contribution in [0.25, 0.3) is 0 Å². The average molecular weight is 228 g/mol.